The van der Waals surface area contributed by atoms with Gasteiger partial charge in [-0.2, -0.15) is 0 Å². The van der Waals surface area contributed by atoms with Crippen LogP contribution in [-0.2, 0) is 0 Å². The monoisotopic (exact) mass is 324 g/mol. The molecule has 2 fully saturated rings. The number of hydrogen-bond donors (Lipinski definition) is 2. The predicted octanol–water partition coefficient (Wildman–Crippen LogP) is 4.21. The lowest BCUT2D eigenvalue weighted by Gasteiger charge is -2.51. The highest BCUT2D eigenvalue weighted by molar-refractivity contribution is 5.72. The molecule has 4 unspecified atom stereocenters. The van der Waals surface area contributed by atoms with Gasteiger partial charge in [-0.15, -0.1) is 0 Å². The minimum Gasteiger partial charge on any atom is -0.393 e. The molecule has 0 aromatic rings. The fraction of sp³-hybridized carbons (Fsp3) is 0.636. The lowest BCUT2D eigenvalue weighted by molar-refractivity contribution is -0.0510. The first-order valence-electron chi connectivity index (χ1n) is 9.92. The fourth-order valence-corrected chi connectivity index (χ4v) is 6.51. The van der Waals surface area contributed by atoms with Crippen LogP contribution >= 0.6 is 0 Å². The van der Waals surface area contributed by atoms with Crippen LogP contribution in [0, 0.1) is 17.3 Å². The smallest absolute Gasteiger partial charge is 0.0580 e. The van der Waals surface area contributed by atoms with Crippen LogP contribution in [-0.4, -0.2) is 22.4 Å². The van der Waals surface area contributed by atoms with Crippen molar-refractivity contribution in [3.05, 3.63) is 46.6 Å². The zero-order chi connectivity index (χ0) is 16.3. The summed E-state index contributed by atoms with van der Waals surface area (Å²) >= 11 is 0. The second kappa shape index (κ2) is 5.44. The van der Waals surface area contributed by atoms with Crippen LogP contribution in [0.4, 0.5) is 0 Å². The van der Waals surface area contributed by atoms with Crippen LogP contribution in [0.15, 0.2) is 46.6 Å². The third kappa shape index (κ3) is 1.90. The first kappa shape index (κ1) is 15.2. The van der Waals surface area contributed by atoms with Crippen molar-refractivity contribution in [2.45, 2.75) is 70.0 Å². The van der Waals surface area contributed by atoms with Gasteiger partial charge in [0.25, 0.3) is 0 Å². The van der Waals surface area contributed by atoms with Crippen molar-refractivity contribution in [2.24, 2.45) is 17.3 Å². The molecule has 24 heavy (non-hydrogen) atoms. The summed E-state index contributed by atoms with van der Waals surface area (Å²) in [6.45, 7) is 0. The van der Waals surface area contributed by atoms with Gasteiger partial charge in [-0.3, -0.25) is 0 Å². The molecule has 0 radical (unpaired) electrons. The molecule has 0 saturated heterocycles. The Morgan fingerprint density at radius 1 is 0.875 bits per heavy atom. The Hall–Kier alpha value is -1.12. The lowest BCUT2D eigenvalue weighted by atomic mass is 9.54. The zero-order valence-corrected chi connectivity index (χ0v) is 14.4. The molecule has 2 saturated carbocycles. The van der Waals surface area contributed by atoms with Gasteiger partial charge in [-0.1, -0.05) is 50.0 Å². The highest BCUT2D eigenvalue weighted by atomic mass is 16.3. The second-order valence-electron chi connectivity index (χ2n) is 8.53. The van der Waals surface area contributed by atoms with Crippen molar-refractivity contribution in [3.8, 4) is 0 Å². The molecule has 5 rings (SSSR count). The van der Waals surface area contributed by atoms with Crippen LogP contribution in [0.25, 0.3) is 0 Å². The van der Waals surface area contributed by atoms with Crippen molar-refractivity contribution >= 4 is 0 Å². The Balaban J connectivity index is 1.66. The van der Waals surface area contributed by atoms with Crippen molar-refractivity contribution in [2.75, 3.05) is 0 Å². The maximum atomic E-state index is 10.9. The number of hydrogen-bond acceptors (Lipinski definition) is 2. The molecule has 0 aliphatic heterocycles. The molecule has 0 heterocycles. The molecular weight excluding hydrogens is 296 g/mol. The van der Waals surface area contributed by atoms with E-state index in [1.165, 1.54) is 35.1 Å². The summed E-state index contributed by atoms with van der Waals surface area (Å²) in [4.78, 5) is 0. The van der Waals surface area contributed by atoms with E-state index >= 15 is 0 Å². The van der Waals surface area contributed by atoms with Gasteiger partial charge in [-0.05, 0) is 66.2 Å². The molecule has 5 aliphatic carbocycles. The Bertz CT molecular complexity index is 656. The first-order valence-corrected chi connectivity index (χ1v) is 9.92. The second-order valence-corrected chi connectivity index (χ2v) is 8.53. The van der Waals surface area contributed by atoms with Crippen LogP contribution in [0.2, 0.25) is 0 Å². The minimum absolute atomic E-state index is 0.0869. The van der Waals surface area contributed by atoms with E-state index in [-0.39, 0.29) is 17.6 Å². The topological polar surface area (TPSA) is 40.5 Å². The summed E-state index contributed by atoms with van der Waals surface area (Å²) in [7, 11) is 0. The van der Waals surface area contributed by atoms with Crippen LogP contribution in [0.1, 0.15) is 57.8 Å². The highest BCUT2D eigenvalue weighted by Crippen LogP contribution is 2.64. The van der Waals surface area contributed by atoms with Crippen LogP contribution in [0.5, 0.6) is 0 Å². The Morgan fingerprint density at radius 2 is 1.50 bits per heavy atom. The van der Waals surface area contributed by atoms with Crippen molar-refractivity contribution in [1.82, 2.24) is 0 Å². The summed E-state index contributed by atoms with van der Waals surface area (Å²) in [6.07, 6.45) is 18.6. The summed E-state index contributed by atoms with van der Waals surface area (Å²) in [6, 6.07) is 0. The van der Waals surface area contributed by atoms with Crippen molar-refractivity contribution in [3.63, 3.8) is 0 Å². The number of aliphatic hydroxyl groups is 2. The Labute approximate surface area is 144 Å². The third-order valence-electron chi connectivity index (χ3n) is 7.48. The molecule has 2 bridgehead atoms. The fourth-order valence-electron chi connectivity index (χ4n) is 6.51. The molecule has 0 aromatic carbocycles. The predicted molar refractivity (Wildman–Crippen MR) is 95.3 cm³/mol. The molecule has 5 aliphatic rings. The van der Waals surface area contributed by atoms with Gasteiger partial charge in [0.1, 0.15) is 0 Å². The van der Waals surface area contributed by atoms with E-state index in [1.807, 2.05) is 0 Å². The zero-order valence-electron chi connectivity index (χ0n) is 14.4. The van der Waals surface area contributed by atoms with Crippen molar-refractivity contribution in [1.29, 1.82) is 0 Å². The molecular formula is C22H28O2. The van der Waals surface area contributed by atoms with E-state index in [9.17, 15) is 10.2 Å². The van der Waals surface area contributed by atoms with Crippen LogP contribution in [0.3, 0.4) is 0 Å². The molecule has 128 valence electrons. The largest absolute Gasteiger partial charge is 0.393 e. The van der Waals surface area contributed by atoms with E-state index in [0.717, 1.165) is 44.9 Å². The molecule has 0 spiro atoms. The number of aliphatic hydroxyl groups excluding tert-OH is 2. The van der Waals surface area contributed by atoms with E-state index in [0.29, 0.717) is 11.8 Å². The summed E-state index contributed by atoms with van der Waals surface area (Å²) in [5, 5.41) is 21.8. The highest BCUT2D eigenvalue weighted by Gasteiger charge is 2.57. The van der Waals surface area contributed by atoms with Gasteiger partial charge in [0, 0.05) is 5.41 Å². The van der Waals surface area contributed by atoms with E-state index in [4.69, 9.17) is 0 Å². The van der Waals surface area contributed by atoms with Gasteiger partial charge in [-0.25, -0.2) is 0 Å². The number of allylic oxidation sites excluding steroid dienone is 8. The quantitative estimate of drug-likeness (QED) is 0.799. The average molecular weight is 324 g/mol. The SMILES string of the molecule is OC1CCCCC1C1(C2CCCCC2O)C=C2CC1=C1C=CC=C21. The van der Waals surface area contributed by atoms with Gasteiger partial charge >= 0.3 is 0 Å². The maximum Gasteiger partial charge on any atom is 0.0580 e. The number of fused-ring (bicyclic) bond motifs is 4. The third-order valence-corrected chi connectivity index (χ3v) is 7.48. The van der Waals surface area contributed by atoms with Crippen molar-refractivity contribution < 1.29 is 10.2 Å². The van der Waals surface area contributed by atoms with Gasteiger partial charge in [0.2, 0.25) is 0 Å². The van der Waals surface area contributed by atoms with Gasteiger partial charge in [0.05, 0.1) is 12.2 Å². The van der Waals surface area contributed by atoms with Crippen LogP contribution < -0.4 is 0 Å². The Kier molecular flexibility index (Phi) is 3.44. The van der Waals surface area contributed by atoms with E-state index < -0.39 is 0 Å². The maximum absolute atomic E-state index is 10.9. The standard InChI is InChI=1S/C22H28O2/c23-20-10-3-1-8-17(20)22(18-9-2-4-11-21(18)24)13-14-12-19(22)16-7-5-6-15(14)16/h5-7,13,17-18,20-21,23-24H,1-4,8-12H2. The molecule has 2 heteroatoms. The van der Waals surface area contributed by atoms with E-state index in [1.54, 1.807) is 0 Å². The van der Waals surface area contributed by atoms with Gasteiger partial charge in [0.15, 0.2) is 0 Å². The molecule has 4 atom stereocenters. The van der Waals surface area contributed by atoms with E-state index in [2.05, 4.69) is 24.3 Å². The molecule has 2 N–H and O–H groups in total. The average Bonchev–Trinajstić information content (AvgIpc) is 3.28. The normalized spacial score (nSPS) is 43.9. The number of rotatable bonds is 2. The molecule has 0 aromatic heterocycles. The molecule has 0 amide bonds. The Morgan fingerprint density at radius 3 is 2.12 bits per heavy atom. The summed E-state index contributed by atoms with van der Waals surface area (Å²) in [5.41, 5.74) is 5.73. The summed E-state index contributed by atoms with van der Waals surface area (Å²) < 4.78 is 0. The van der Waals surface area contributed by atoms with Gasteiger partial charge < -0.3 is 10.2 Å². The first-order chi connectivity index (χ1) is 11.7. The minimum atomic E-state index is -0.213. The molecule has 2 nitrogen and oxygen atoms in total. The summed E-state index contributed by atoms with van der Waals surface area (Å²) in [5.74, 6) is 0.582. The lowest BCUT2D eigenvalue weighted by Crippen LogP contribution is -2.49.